The van der Waals surface area contributed by atoms with Crippen LogP contribution in [-0.4, -0.2) is 42.7 Å². The number of ether oxygens (including phenoxy) is 2. The highest BCUT2D eigenvalue weighted by atomic mass is 35.5. The Labute approximate surface area is 149 Å². The highest BCUT2D eigenvalue weighted by Gasteiger charge is 2.36. The standard InChI is InChI=1S/C19H26ClNO3/c1-4-13-23-14-15-9-11-21(12-10-15)18(22)19(2,3)24-17-7-5-16(20)6-8-17/h4-8,15H,1,9-14H2,2-3H3. The molecule has 0 aliphatic carbocycles. The van der Waals surface area contributed by atoms with Crippen molar-refractivity contribution in [3.05, 3.63) is 41.9 Å². The molecule has 24 heavy (non-hydrogen) atoms. The lowest BCUT2D eigenvalue weighted by molar-refractivity contribution is -0.147. The van der Waals surface area contributed by atoms with E-state index in [0.29, 0.717) is 23.3 Å². The number of benzene rings is 1. The largest absolute Gasteiger partial charge is 0.478 e. The van der Waals surface area contributed by atoms with Gasteiger partial charge in [-0.05, 0) is 56.9 Å². The molecule has 0 spiro atoms. The average Bonchev–Trinajstić information content (AvgIpc) is 2.57. The van der Waals surface area contributed by atoms with Crippen LogP contribution < -0.4 is 4.74 Å². The number of carbonyl (C=O) groups excluding carboxylic acids is 1. The SMILES string of the molecule is C=CCOCC1CCN(C(=O)C(C)(C)Oc2ccc(Cl)cc2)CC1. The first-order valence-corrected chi connectivity index (χ1v) is 8.73. The highest BCUT2D eigenvalue weighted by molar-refractivity contribution is 6.30. The molecule has 132 valence electrons. The molecular formula is C19H26ClNO3. The quantitative estimate of drug-likeness (QED) is 0.551. The molecule has 1 heterocycles. The fraction of sp³-hybridized carbons (Fsp3) is 0.526. The van der Waals surface area contributed by atoms with Gasteiger partial charge in [0, 0.05) is 24.7 Å². The van der Waals surface area contributed by atoms with Crippen molar-refractivity contribution in [3.63, 3.8) is 0 Å². The molecule has 4 nitrogen and oxygen atoms in total. The van der Waals surface area contributed by atoms with Crippen LogP contribution in [0.2, 0.25) is 5.02 Å². The molecule has 1 aliphatic rings. The molecule has 1 aromatic rings. The van der Waals surface area contributed by atoms with Gasteiger partial charge in [-0.2, -0.15) is 0 Å². The van der Waals surface area contributed by atoms with Crippen molar-refractivity contribution < 1.29 is 14.3 Å². The van der Waals surface area contributed by atoms with Gasteiger partial charge in [-0.15, -0.1) is 6.58 Å². The number of piperidine rings is 1. The van der Waals surface area contributed by atoms with Gasteiger partial charge in [-0.1, -0.05) is 17.7 Å². The van der Waals surface area contributed by atoms with Crippen LogP contribution in [0.3, 0.4) is 0 Å². The highest BCUT2D eigenvalue weighted by Crippen LogP contribution is 2.25. The van der Waals surface area contributed by atoms with Crippen LogP contribution >= 0.6 is 11.6 Å². The van der Waals surface area contributed by atoms with Crippen molar-refractivity contribution in [3.8, 4) is 5.75 Å². The van der Waals surface area contributed by atoms with Gasteiger partial charge in [-0.3, -0.25) is 4.79 Å². The zero-order valence-corrected chi connectivity index (χ0v) is 15.2. The third kappa shape index (κ3) is 5.25. The number of hydrogen-bond donors (Lipinski definition) is 0. The third-order valence-corrected chi connectivity index (χ3v) is 4.44. The van der Waals surface area contributed by atoms with Gasteiger partial charge in [0.1, 0.15) is 5.75 Å². The Kier molecular flexibility index (Phi) is 6.69. The first kappa shape index (κ1) is 18.8. The third-order valence-electron chi connectivity index (χ3n) is 4.19. The smallest absolute Gasteiger partial charge is 0.266 e. The second-order valence-electron chi connectivity index (χ2n) is 6.63. The molecule has 0 saturated carbocycles. The van der Waals surface area contributed by atoms with Gasteiger partial charge >= 0.3 is 0 Å². The van der Waals surface area contributed by atoms with E-state index in [1.807, 2.05) is 18.7 Å². The maximum atomic E-state index is 12.8. The summed E-state index contributed by atoms with van der Waals surface area (Å²) in [6, 6.07) is 7.07. The zero-order chi connectivity index (χ0) is 17.6. The minimum absolute atomic E-state index is 0.0166. The summed E-state index contributed by atoms with van der Waals surface area (Å²) < 4.78 is 11.4. The summed E-state index contributed by atoms with van der Waals surface area (Å²) in [7, 11) is 0. The van der Waals surface area contributed by atoms with E-state index in [1.165, 1.54) is 0 Å². The van der Waals surface area contributed by atoms with Gasteiger partial charge in [0.15, 0.2) is 5.60 Å². The van der Waals surface area contributed by atoms with E-state index in [2.05, 4.69) is 6.58 Å². The van der Waals surface area contributed by atoms with E-state index in [-0.39, 0.29) is 5.91 Å². The molecule has 0 atom stereocenters. The summed E-state index contributed by atoms with van der Waals surface area (Å²) in [5, 5.41) is 0.646. The summed E-state index contributed by atoms with van der Waals surface area (Å²) >= 11 is 5.88. The van der Waals surface area contributed by atoms with E-state index in [0.717, 1.165) is 32.5 Å². The molecule has 1 fully saturated rings. The van der Waals surface area contributed by atoms with Crippen molar-refractivity contribution in [2.45, 2.75) is 32.3 Å². The molecule has 2 rings (SSSR count). The van der Waals surface area contributed by atoms with Crippen molar-refractivity contribution >= 4 is 17.5 Å². The Morgan fingerprint density at radius 1 is 1.33 bits per heavy atom. The van der Waals surface area contributed by atoms with Crippen molar-refractivity contribution in [1.82, 2.24) is 4.90 Å². The predicted molar refractivity (Wildman–Crippen MR) is 96.5 cm³/mol. The van der Waals surface area contributed by atoms with E-state index >= 15 is 0 Å². The average molecular weight is 352 g/mol. The molecule has 0 aromatic heterocycles. The van der Waals surface area contributed by atoms with Gasteiger partial charge < -0.3 is 14.4 Å². The fourth-order valence-electron chi connectivity index (χ4n) is 2.84. The lowest BCUT2D eigenvalue weighted by Crippen LogP contribution is -2.51. The number of hydrogen-bond acceptors (Lipinski definition) is 3. The summed E-state index contributed by atoms with van der Waals surface area (Å²) in [4.78, 5) is 14.7. The predicted octanol–water partition coefficient (Wildman–Crippen LogP) is 3.94. The molecule has 1 amide bonds. The van der Waals surface area contributed by atoms with Crippen molar-refractivity contribution in [1.29, 1.82) is 0 Å². The molecular weight excluding hydrogens is 326 g/mol. The van der Waals surface area contributed by atoms with Crippen LogP contribution in [-0.2, 0) is 9.53 Å². The van der Waals surface area contributed by atoms with E-state index < -0.39 is 5.60 Å². The molecule has 0 radical (unpaired) electrons. The molecule has 1 aliphatic heterocycles. The minimum atomic E-state index is -0.903. The fourth-order valence-corrected chi connectivity index (χ4v) is 2.97. The number of amides is 1. The number of halogens is 1. The molecule has 5 heteroatoms. The van der Waals surface area contributed by atoms with Gasteiger partial charge in [0.05, 0.1) is 6.61 Å². The maximum absolute atomic E-state index is 12.8. The van der Waals surface area contributed by atoms with Crippen LogP contribution in [0.25, 0.3) is 0 Å². The van der Waals surface area contributed by atoms with Crippen LogP contribution in [0.1, 0.15) is 26.7 Å². The molecule has 1 saturated heterocycles. The minimum Gasteiger partial charge on any atom is -0.478 e. The van der Waals surface area contributed by atoms with Crippen molar-refractivity contribution in [2.75, 3.05) is 26.3 Å². The summed E-state index contributed by atoms with van der Waals surface area (Å²) in [5.74, 6) is 1.17. The van der Waals surface area contributed by atoms with Gasteiger partial charge in [-0.25, -0.2) is 0 Å². The first-order chi connectivity index (χ1) is 11.4. The van der Waals surface area contributed by atoms with Crippen LogP contribution in [0, 0.1) is 5.92 Å². The second kappa shape index (κ2) is 8.54. The lowest BCUT2D eigenvalue weighted by atomic mass is 9.96. The van der Waals surface area contributed by atoms with Gasteiger partial charge in [0.2, 0.25) is 0 Å². The Morgan fingerprint density at radius 2 is 1.96 bits per heavy atom. The van der Waals surface area contributed by atoms with Crippen LogP contribution in [0.5, 0.6) is 5.75 Å². The number of nitrogens with zero attached hydrogens (tertiary/aromatic N) is 1. The Morgan fingerprint density at radius 3 is 2.54 bits per heavy atom. The monoisotopic (exact) mass is 351 g/mol. The molecule has 1 aromatic carbocycles. The Balaban J connectivity index is 1.86. The van der Waals surface area contributed by atoms with Gasteiger partial charge in [0.25, 0.3) is 5.91 Å². The van der Waals surface area contributed by atoms with Crippen LogP contribution in [0.15, 0.2) is 36.9 Å². The molecule has 0 N–H and O–H groups in total. The number of likely N-dealkylation sites (tertiary alicyclic amines) is 1. The van der Waals surface area contributed by atoms with Crippen molar-refractivity contribution in [2.24, 2.45) is 5.92 Å². The summed E-state index contributed by atoms with van der Waals surface area (Å²) in [6.07, 6.45) is 3.68. The number of carbonyl (C=O) groups is 1. The normalized spacial score (nSPS) is 16.0. The van der Waals surface area contributed by atoms with Crippen LogP contribution in [0.4, 0.5) is 0 Å². The van der Waals surface area contributed by atoms with E-state index in [4.69, 9.17) is 21.1 Å². The Bertz CT molecular complexity index is 548. The van der Waals surface area contributed by atoms with E-state index in [9.17, 15) is 4.79 Å². The maximum Gasteiger partial charge on any atom is 0.266 e. The topological polar surface area (TPSA) is 38.8 Å². The zero-order valence-electron chi connectivity index (χ0n) is 14.5. The van der Waals surface area contributed by atoms with E-state index in [1.54, 1.807) is 30.3 Å². The number of rotatable bonds is 7. The first-order valence-electron chi connectivity index (χ1n) is 8.35. The summed E-state index contributed by atoms with van der Waals surface area (Å²) in [5.41, 5.74) is -0.903. The lowest BCUT2D eigenvalue weighted by Gasteiger charge is -2.37. The summed E-state index contributed by atoms with van der Waals surface area (Å²) in [6.45, 7) is 10.1. The molecule has 0 unspecified atom stereocenters. The molecule has 0 bridgehead atoms. The Hall–Kier alpha value is -1.52. The second-order valence-corrected chi connectivity index (χ2v) is 7.06.